The van der Waals surface area contributed by atoms with Crippen LogP contribution >= 0.6 is 0 Å². The van der Waals surface area contributed by atoms with Gasteiger partial charge in [0.15, 0.2) is 0 Å². The van der Waals surface area contributed by atoms with Crippen LogP contribution in [-0.2, 0) is 6.42 Å². The molecule has 19 heavy (non-hydrogen) atoms. The Bertz CT molecular complexity index is 478. The van der Waals surface area contributed by atoms with Crippen molar-refractivity contribution in [3.8, 4) is 0 Å². The Labute approximate surface area is 115 Å². The van der Waals surface area contributed by atoms with Gasteiger partial charge in [-0.05, 0) is 31.0 Å². The summed E-state index contributed by atoms with van der Waals surface area (Å²) in [4.78, 5) is 0. The van der Waals surface area contributed by atoms with E-state index in [1.165, 1.54) is 11.1 Å². The third-order valence-electron chi connectivity index (χ3n) is 3.23. The Kier molecular flexibility index (Phi) is 5.13. The maximum absolute atomic E-state index is 10.0. The minimum atomic E-state index is -0.434. The lowest BCUT2D eigenvalue weighted by Gasteiger charge is -2.12. The molecule has 2 aromatic rings. The minimum Gasteiger partial charge on any atom is -0.387 e. The fourth-order valence-corrected chi connectivity index (χ4v) is 2.02. The number of benzene rings is 2. The Morgan fingerprint density at radius 3 is 2.37 bits per heavy atom. The van der Waals surface area contributed by atoms with Crippen LogP contribution in [0.1, 0.15) is 22.8 Å². The van der Waals surface area contributed by atoms with E-state index in [1.54, 1.807) is 0 Å². The van der Waals surface area contributed by atoms with E-state index >= 15 is 0 Å². The van der Waals surface area contributed by atoms with E-state index in [1.807, 2.05) is 37.3 Å². The average Bonchev–Trinajstić information content (AvgIpc) is 2.45. The van der Waals surface area contributed by atoms with Gasteiger partial charge in [-0.2, -0.15) is 0 Å². The molecule has 0 fully saturated rings. The summed E-state index contributed by atoms with van der Waals surface area (Å²) in [6.07, 6.45) is 0.554. The Hall–Kier alpha value is -1.64. The number of rotatable bonds is 6. The van der Waals surface area contributed by atoms with Crippen molar-refractivity contribution in [2.24, 2.45) is 0 Å². The molecule has 2 nitrogen and oxygen atoms in total. The smallest absolute Gasteiger partial charge is 0.0914 e. The van der Waals surface area contributed by atoms with Crippen LogP contribution in [0.15, 0.2) is 54.6 Å². The van der Waals surface area contributed by atoms with E-state index < -0.39 is 6.10 Å². The molecule has 1 unspecified atom stereocenters. The molecule has 0 saturated carbocycles. The van der Waals surface area contributed by atoms with Crippen molar-refractivity contribution in [3.63, 3.8) is 0 Å². The van der Waals surface area contributed by atoms with Crippen molar-refractivity contribution in [2.45, 2.75) is 19.4 Å². The summed E-state index contributed by atoms with van der Waals surface area (Å²) >= 11 is 0. The van der Waals surface area contributed by atoms with Crippen LogP contribution in [-0.4, -0.2) is 18.2 Å². The van der Waals surface area contributed by atoms with Crippen molar-refractivity contribution in [2.75, 3.05) is 13.1 Å². The van der Waals surface area contributed by atoms with Gasteiger partial charge in [0.2, 0.25) is 0 Å². The molecule has 2 rings (SSSR count). The Morgan fingerprint density at radius 2 is 1.68 bits per heavy atom. The van der Waals surface area contributed by atoms with Crippen molar-refractivity contribution in [3.05, 3.63) is 71.3 Å². The van der Waals surface area contributed by atoms with Gasteiger partial charge >= 0.3 is 0 Å². The maximum Gasteiger partial charge on any atom is 0.0914 e. The first-order valence-corrected chi connectivity index (χ1v) is 6.75. The molecule has 100 valence electrons. The number of hydrogen-bond donors (Lipinski definition) is 2. The molecule has 0 aliphatic rings. The molecule has 2 heteroatoms. The van der Waals surface area contributed by atoms with E-state index in [4.69, 9.17) is 0 Å². The van der Waals surface area contributed by atoms with Crippen LogP contribution in [0.3, 0.4) is 0 Å². The molecule has 0 bridgehead atoms. The second-order valence-corrected chi connectivity index (χ2v) is 4.87. The average molecular weight is 255 g/mol. The Balaban J connectivity index is 1.72. The van der Waals surface area contributed by atoms with Gasteiger partial charge in [0, 0.05) is 6.54 Å². The standard InChI is InChI=1S/C17H21NO/c1-14-7-9-16(10-8-14)17(19)13-18-12-11-15-5-3-2-4-6-15/h2-10,17-19H,11-13H2,1H3. The van der Waals surface area contributed by atoms with E-state index in [0.717, 1.165) is 18.5 Å². The minimum absolute atomic E-state index is 0.434. The molecule has 0 radical (unpaired) electrons. The number of aliphatic hydroxyl groups excluding tert-OH is 1. The van der Waals surface area contributed by atoms with Crippen LogP contribution in [0.5, 0.6) is 0 Å². The SMILES string of the molecule is Cc1ccc(C(O)CNCCc2ccccc2)cc1. The fourth-order valence-electron chi connectivity index (χ4n) is 2.02. The van der Waals surface area contributed by atoms with Crippen LogP contribution < -0.4 is 5.32 Å². The number of nitrogens with one attached hydrogen (secondary N) is 1. The monoisotopic (exact) mass is 255 g/mol. The maximum atomic E-state index is 10.0. The normalized spacial score (nSPS) is 12.3. The molecule has 0 heterocycles. The van der Waals surface area contributed by atoms with Crippen molar-refractivity contribution in [1.82, 2.24) is 5.32 Å². The van der Waals surface area contributed by atoms with Gasteiger partial charge in [-0.3, -0.25) is 0 Å². The van der Waals surface area contributed by atoms with Gasteiger partial charge in [0.05, 0.1) is 6.10 Å². The molecule has 0 saturated heterocycles. The summed E-state index contributed by atoms with van der Waals surface area (Å²) in [5.74, 6) is 0. The zero-order chi connectivity index (χ0) is 13.5. The van der Waals surface area contributed by atoms with E-state index in [9.17, 15) is 5.11 Å². The number of aryl methyl sites for hydroxylation is 1. The molecule has 0 aliphatic carbocycles. The summed E-state index contributed by atoms with van der Waals surface area (Å²) in [5.41, 5.74) is 3.51. The highest BCUT2D eigenvalue weighted by Crippen LogP contribution is 2.12. The predicted octanol–water partition coefficient (Wildman–Crippen LogP) is 2.86. The van der Waals surface area contributed by atoms with Gasteiger partial charge in [-0.1, -0.05) is 60.2 Å². The molecule has 0 spiro atoms. The highest BCUT2D eigenvalue weighted by molar-refractivity contribution is 5.23. The zero-order valence-corrected chi connectivity index (χ0v) is 11.3. The van der Waals surface area contributed by atoms with Gasteiger partial charge in [-0.25, -0.2) is 0 Å². The molecule has 0 aromatic heterocycles. The lowest BCUT2D eigenvalue weighted by molar-refractivity contribution is 0.175. The van der Waals surface area contributed by atoms with Crippen molar-refractivity contribution >= 4 is 0 Å². The fraction of sp³-hybridized carbons (Fsp3) is 0.294. The molecular formula is C17H21NO. The Morgan fingerprint density at radius 1 is 1.00 bits per heavy atom. The molecular weight excluding hydrogens is 234 g/mol. The summed E-state index contributed by atoms with van der Waals surface area (Å²) in [5, 5.41) is 13.3. The molecule has 0 amide bonds. The van der Waals surface area contributed by atoms with E-state index in [0.29, 0.717) is 6.54 Å². The largest absolute Gasteiger partial charge is 0.387 e. The summed E-state index contributed by atoms with van der Waals surface area (Å²) in [6, 6.07) is 18.4. The van der Waals surface area contributed by atoms with Crippen LogP contribution in [0, 0.1) is 6.92 Å². The lowest BCUT2D eigenvalue weighted by Crippen LogP contribution is -2.23. The number of hydrogen-bond acceptors (Lipinski definition) is 2. The van der Waals surface area contributed by atoms with Crippen LogP contribution in [0.25, 0.3) is 0 Å². The second kappa shape index (κ2) is 7.07. The van der Waals surface area contributed by atoms with Crippen LogP contribution in [0.2, 0.25) is 0 Å². The zero-order valence-electron chi connectivity index (χ0n) is 11.3. The summed E-state index contributed by atoms with van der Waals surface area (Å²) < 4.78 is 0. The predicted molar refractivity (Wildman–Crippen MR) is 79.2 cm³/mol. The first-order chi connectivity index (χ1) is 9.25. The van der Waals surface area contributed by atoms with Gasteiger partial charge in [0.1, 0.15) is 0 Å². The molecule has 2 N–H and O–H groups in total. The van der Waals surface area contributed by atoms with Crippen molar-refractivity contribution in [1.29, 1.82) is 0 Å². The topological polar surface area (TPSA) is 32.3 Å². The highest BCUT2D eigenvalue weighted by Gasteiger charge is 2.05. The highest BCUT2D eigenvalue weighted by atomic mass is 16.3. The van der Waals surface area contributed by atoms with Gasteiger partial charge in [0.25, 0.3) is 0 Å². The van der Waals surface area contributed by atoms with Crippen molar-refractivity contribution < 1.29 is 5.11 Å². The van der Waals surface area contributed by atoms with Crippen LogP contribution in [0.4, 0.5) is 0 Å². The molecule has 0 aliphatic heterocycles. The van der Waals surface area contributed by atoms with E-state index in [2.05, 4.69) is 29.6 Å². The number of aliphatic hydroxyl groups is 1. The third kappa shape index (κ3) is 4.51. The third-order valence-corrected chi connectivity index (χ3v) is 3.23. The van der Waals surface area contributed by atoms with Gasteiger partial charge in [-0.15, -0.1) is 0 Å². The summed E-state index contributed by atoms with van der Waals surface area (Å²) in [7, 11) is 0. The molecule has 2 aromatic carbocycles. The summed E-state index contributed by atoms with van der Waals surface area (Å²) in [6.45, 7) is 3.52. The second-order valence-electron chi connectivity index (χ2n) is 4.87. The quantitative estimate of drug-likeness (QED) is 0.778. The lowest BCUT2D eigenvalue weighted by atomic mass is 10.1. The van der Waals surface area contributed by atoms with Gasteiger partial charge < -0.3 is 10.4 Å². The molecule has 1 atom stereocenters. The first-order valence-electron chi connectivity index (χ1n) is 6.75. The first kappa shape index (κ1) is 13.8. The van der Waals surface area contributed by atoms with E-state index in [-0.39, 0.29) is 0 Å².